The number of carbonyl (C=O) groups excluding carboxylic acids is 2. The summed E-state index contributed by atoms with van der Waals surface area (Å²) >= 11 is 12.8. The van der Waals surface area contributed by atoms with Crippen LogP contribution in [0, 0.1) is 0 Å². The average molecular weight is 402 g/mol. The van der Waals surface area contributed by atoms with Gasteiger partial charge in [-0.15, -0.1) is 0 Å². The Morgan fingerprint density at radius 3 is 2.76 bits per heavy atom. The summed E-state index contributed by atoms with van der Waals surface area (Å²) in [5.74, 6) is -1.07. The molecular formula is C15H13Cl2N3O4S. The Hall–Kier alpha value is -2.16. The van der Waals surface area contributed by atoms with Crippen LogP contribution in [0.2, 0.25) is 10.2 Å². The molecule has 0 atom stereocenters. The van der Waals surface area contributed by atoms with Crippen molar-refractivity contribution in [1.82, 2.24) is 9.99 Å². The molecule has 0 aliphatic carbocycles. The first kappa shape index (κ1) is 19.2. The summed E-state index contributed by atoms with van der Waals surface area (Å²) in [6, 6.07) is 6.50. The normalized spacial score (nSPS) is 10.8. The van der Waals surface area contributed by atoms with Gasteiger partial charge in [0.2, 0.25) is 0 Å². The largest absolute Gasteiger partial charge is 0.465 e. The van der Waals surface area contributed by atoms with Gasteiger partial charge < -0.3 is 4.74 Å². The molecule has 1 heterocycles. The van der Waals surface area contributed by atoms with Crippen molar-refractivity contribution in [1.29, 1.82) is 0 Å². The lowest BCUT2D eigenvalue weighted by atomic mass is 10.2. The second-order valence-electron chi connectivity index (χ2n) is 4.59. The summed E-state index contributed by atoms with van der Waals surface area (Å²) < 4.78 is 5.85. The van der Waals surface area contributed by atoms with E-state index in [0.29, 0.717) is 9.90 Å². The molecule has 0 fully saturated rings. The number of thiazole rings is 1. The van der Waals surface area contributed by atoms with Gasteiger partial charge in [0.25, 0.3) is 5.91 Å². The average Bonchev–Trinajstić information content (AvgIpc) is 2.83. The van der Waals surface area contributed by atoms with Crippen LogP contribution in [-0.2, 0) is 16.1 Å². The topological polar surface area (TPSA) is 89.8 Å². The van der Waals surface area contributed by atoms with E-state index in [1.807, 2.05) is 0 Å². The minimum atomic E-state index is -0.570. The fraction of sp³-hybridized carbons (Fsp3) is 0.200. The molecule has 10 heteroatoms. The maximum Gasteiger partial charge on any atom is 0.326 e. The van der Waals surface area contributed by atoms with Crippen LogP contribution < -0.4 is 10.3 Å². The van der Waals surface area contributed by atoms with E-state index in [-0.39, 0.29) is 23.9 Å². The second-order valence-corrected chi connectivity index (χ2v) is 6.35. The lowest BCUT2D eigenvalue weighted by Crippen LogP contribution is -2.21. The molecule has 2 aromatic rings. The molecule has 0 aliphatic rings. The zero-order valence-electron chi connectivity index (χ0n) is 13.0. The smallest absolute Gasteiger partial charge is 0.326 e. The molecule has 0 unspecified atom stereocenters. The predicted octanol–water partition coefficient (Wildman–Crippen LogP) is 2.54. The van der Waals surface area contributed by atoms with Gasteiger partial charge in [-0.3, -0.25) is 19.0 Å². The Morgan fingerprint density at radius 2 is 2.08 bits per heavy atom. The minimum absolute atomic E-state index is 0.0406. The van der Waals surface area contributed by atoms with E-state index in [1.165, 1.54) is 6.21 Å². The van der Waals surface area contributed by atoms with E-state index in [9.17, 15) is 14.4 Å². The highest BCUT2D eigenvalue weighted by Crippen LogP contribution is 2.17. The number of rotatable bonds is 6. The van der Waals surface area contributed by atoms with E-state index in [2.05, 4.69) is 10.5 Å². The molecule has 2 rings (SSSR count). The number of halogens is 2. The maximum absolute atomic E-state index is 12.0. The van der Waals surface area contributed by atoms with Crippen molar-refractivity contribution in [3.8, 4) is 0 Å². The number of carbonyl (C=O) groups is 2. The summed E-state index contributed by atoms with van der Waals surface area (Å²) in [7, 11) is 0. The van der Waals surface area contributed by atoms with Crippen LogP contribution in [0.1, 0.15) is 22.2 Å². The number of nitrogens with one attached hydrogen (secondary N) is 1. The predicted molar refractivity (Wildman–Crippen MR) is 96.7 cm³/mol. The van der Waals surface area contributed by atoms with Crippen molar-refractivity contribution in [2.45, 2.75) is 13.5 Å². The molecule has 0 aliphatic heterocycles. The fourth-order valence-electron chi connectivity index (χ4n) is 1.81. The Morgan fingerprint density at radius 1 is 1.36 bits per heavy atom. The van der Waals surface area contributed by atoms with Gasteiger partial charge >= 0.3 is 10.8 Å². The van der Waals surface area contributed by atoms with Crippen LogP contribution in [0.3, 0.4) is 0 Å². The van der Waals surface area contributed by atoms with Crippen molar-refractivity contribution >= 4 is 52.6 Å². The molecule has 0 spiro atoms. The van der Waals surface area contributed by atoms with E-state index in [1.54, 1.807) is 31.2 Å². The van der Waals surface area contributed by atoms with Crippen molar-refractivity contribution in [2.75, 3.05) is 6.61 Å². The van der Waals surface area contributed by atoms with Crippen LogP contribution in [-0.4, -0.2) is 29.3 Å². The summed E-state index contributed by atoms with van der Waals surface area (Å²) in [6.07, 6.45) is 1.23. The lowest BCUT2D eigenvalue weighted by molar-refractivity contribution is -0.143. The molecule has 0 saturated heterocycles. The first-order valence-corrected chi connectivity index (χ1v) is 8.64. The number of hydrogen-bond donors (Lipinski definition) is 1. The summed E-state index contributed by atoms with van der Waals surface area (Å²) in [5.41, 5.74) is 2.56. The van der Waals surface area contributed by atoms with Crippen LogP contribution in [0.5, 0.6) is 0 Å². The van der Waals surface area contributed by atoms with Crippen LogP contribution in [0.15, 0.2) is 34.2 Å². The Labute approximate surface area is 156 Å². The monoisotopic (exact) mass is 401 g/mol. The van der Waals surface area contributed by atoms with Crippen molar-refractivity contribution in [3.63, 3.8) is 0 Å². The van der Waals surface area contributed by atoms with Crippen molar-refractivity contribution in [3.05, 3.63) is 54.5 Å². The van der Waals surface area contributed by atoms with E-state index < -0.39 is 16.7 Å². The number of aromatic nitrogens is 1. The first-order valence-electron chi connectivity index (χ1n) is 7.06. The highest BCUT2D eigenvalue weighted by molar-refractivity contribution is 7.11. The Balaban J connectivity index is 2.09. The summed E-state index contributed by atoms with van der Waals surface area (Å²) in [6.45, 7) is 1.58. The molecular weight excluding hydrogens is 389 g/mol. The molecule has 0 radical (unpaired) electrons. The van der Waals surface area contributed by atoms with Gasteiger partial charge in [-0.05, 0) is 19.1 Å². The third-order valence-corrected chi connectivity index (χ3v) is 4.68. The number of esters is 1. The Kier molecular flexibility index (Phi) is 6.74. The number of amides is 1. The molecule has 1 aromatic carbocycles. The molecule has 0 saturated carbocycles. The van der Waals surface area contributed by atoms with Crippen molar-refractivity contribution < 1.29 is 14.3 Å². The van der Waals surface area contributed by atoms with Gasteiger partial charge in [-0.1, -0.05) is 46.7 Å². The molecule has 0 bridgehead atoms. The van der Waals surface area contributed by atoms with E-state index in [4.69, 9.17) is 27.9 Å². The van der Waals surface area contributed by atoms with E-state index in [0.717, 1.165) is 15.9 Å². The Bertz CT molecular complexity index is 876. The SMILES string of the molecule is CCOC(=O)Cn1c(Cl)c(/C=N/NC(=O)c2ccccc2Cl)sc1=O. The van der Waals surface area contributed by atoms with Crippen LogP contribution >= 0.6 is 34.5 Å². The zero-order valence-corrected chi connectivity index (χ0v) is 15.3. The molecule has 25 heavy (non-hydrogen) atoms. The number of hydrazone groups is 1. The molecule has 132 valence electrons. The highest BCUT2D eigenvalue weighted by atomic mass is 35.5. The quantitative estimate of drug-likeness (QED) is 0.457. The van der Waals surface area contributed by atoms with Gasteiger partial charge in [-0.2, -0.15) is 5.10 Å². The molecule has 1 aromatic heterocycles. The van der Waals surface area contributed by atoms with Crippen molar-refractivity contribution in [2.24, 2.45) is 5.10 Å². The van der Waals surface area contributed by atoms with E-state index >= 15 is 0 Å². The fourth-order valence-corrected chi connectivity index (χ4v) is 3.14. The third kappa shape index (κ3) is 4.91. The van der Waals surface area contributed by atoms with Gasteiger partial charge in [0.1, 0.15) is 11.7 Å². The number of nitrogens with zero attached hydrogens (tertiary/aromatic N) is 2. The minimum Gasteiger partial charge on any atom is -0.465 e. The summed E-state index contributed by atoms with van der Waals surface area (Å²) in [5, 5.41) is 4.09. The summed E-state index contributed by atoms with van der Waals surface area (Å²) in [4.78, 5) is 35.2. The van der Waals surface area contributed by atoms with Crippen LogP contribution in [0.4, 0.5) is 0 Å². The van der Waals surface area contributed by atoms with Crippen LogP contribution in [0.25, 0.3) is 0 Å². The second kappa shape index (κ2) is 8.80. The van der Waals surface area contributed by atoms with Gasteiger partial charge in [0.15, 0.2) is 0 Å². The lowest BCUT2D eigenvalue weighted by Gasteiger charge is -2.03. The first-order chi connectivity index (χ1) is 11.9. The zero-order chi connectivity index (χ0) is 18.4. The molecule has 1 N–H and O–H groups in total. The molecule has 1 amide bonds. The maximum atomic E-state index is 12.0. The van der Waals surface area contributed by atoms with Gasteiger partial charge in [-0.25, -0.2) is 5.43 Å². The van der Waals surface area contributed by atoms with Gasteiger partial charge in [0.05, 0.1) is 28.3 Å². The number of ether oxygens (including phenoxy) is 1. The van der Waals surface area contributed by atoms with Gasteiger partial charge in [0, 0.05) is 0 Å². The standard InChI is InChI=1S/C15H13Cl2N3O4S/c1-2-24-12(21)8-20-13(17)11(25-15(20)23)7-18-19-14(22)9-5-3-4-6-10(9)16/h3-7H,2,8H2,1H3,(H,19,22)/b18-7+. The molecule has 7 nitrogen and oxygen atoms in total. The highest BCUT2D eigenvalue weighted by Gasteiger charge is 2.15. The number of hydrogen-bond acceptors (Lipinski definition) is 6. The third-order valence-electron chi connectivity index (χ3n) is 2.92. The number of benzene rings is 1.